The number of amides is 2. The first-order valence-corrected chi connectivity index (χ1v) is 10.00. The molecule has 0 saturated heterocycles. The highest BCUT2D eigenvalue weighted by atomic mass is 35.5. The fourth-order valence-corrected chi connectivity index (χ4v) is 2.95. The number of esters is 1. The van der Waals surface area contributed by atoms with Crippen LogP contribution in [-0.2, 0) is 9.53 Å². The van der Waals surface area contributed by atoms with Gasteiger partial charge in [-0.3, -0.25) is 19.7 Å². The maximum atomic E-state index is 12.4. The summed E-state index contributed by atoms with van der Waals surface area (Å²) in [5.41, 5.74) is 1.59. The lowest BCUT2D eigenvalue weighted by Gasteiger charge is -2.09. The van der Waals surface area contributed by atoms with Crippen LogP contribution >= 0.6 is 11.6 Å². The van der Waals surface area contributed by atoms with E-state index in [9.17, 15) is 24.5 Å². The maximum Gasteiger partial charge on any atom is 0.338 e. The zero-order chi connectivity index (χ0) is 24.0. The Labute approximate surface area is 193 Å². The fourth-order valence-electron chi connectivity index (χ4n) is 2.77. The van der Waals surface area contributed by atoms with Gasteiger partial charge in [0.05, 0.1) is 10.5 Å². The second kappa shape index (κ2) is 10.4. The number of carbonyl (C=O) groups is 3. The standard InChI is InChI=1S/C23H18ClN3O6/c1-14-8-9-18(12-20(14)24)25-21(28)13-33-23(30)16-5-2-6-17(10-16)26-22(29)15-4-3-7-19(11-15)27(31)32/h2-12H,13H2,1H3,(H,25,28)(H,26,29). The molecule has 2 N–H and O–H groups in total. The molecular formula is C23H18ClN3O6. The molecular weight excluding hydrogens is 450 g/mol. The van der Waals surface area contributed by atoms with Crippen LogP contribution < -0.4 is 10.6 Å². The van der Waals surface area contributed by atoms with Crippen molar-refractivity contribution in [2.45, 2.75) is 6.92 Å². The number of hydrogen-bond donors (Lipinski definition) is 2. The van der Waals surface area contributed by atoms with E-state index in [1.807, 2.05) is 6.92 Å². The molecule has 9 nitrogen and oxygen atoms in total. The highest BCUT2D eigenvalue weighted by Gasteiger charge is 2.14. The van der Waals surface area contributed by atoms with Gasteiger partial charge >= 0.3 is 5.97 Å². The summed E-state index contributed by atoms with van der Waals surface area (Å²) in [6.45, 7) is 1.31. The Morgan fingerprint density at radius 2 is 1.64 bits per heavy atom. The van der Waals surface area contributed by atoms with Crippen molar-refractivity contribution in [2.75, 3.05) is 17.2 Å². The molecule has 0 radical (unpaired) electrons. The molecule has 0 aromatic heterocycles. The van der Waals surface area contributed by atoms with E-state index in [2.05, 4.69) is 10.6 Å². The smallest absolute Gasteiger partial charge is 0.338 e. The second-order valence-electron chi connectivity index (χ2n) is 6.93. The van der Waals surface area contributed by atoms with Gasteiger partial charge in [0.2, 0.25) is 0 Å². The number of rotatable bonds is 7. The summed E-state index contributed by atoms with van der Waals surface area (Å²) in [4.78, 5) is 47.0. The number of nitro benzene ring substituents is 1. The molecule has 10 heteroatoms. The summed E-state index contributed by atoms with van der Waals surface area (Å²) in [6, 6.07) is 16.2. The first-order valence-electron chi connectivity index (χ1n) is 9.62. The van der Waals surface area contributed by atoms with Crippen LogP contribution in [0.3, 0.4) is 0 Å². The van der Waals surface area contributed by atoms with E-state index < -0.39 is 29.3 Å². The van der Waals surface area contributed by atoms with E-state index in [0.717, 1.165) is 11.6 Å². The number of aryl methyl sites for hydroxylation is 1. The van der Waals surface area contributed by atoms with Crippen LogP contribution in [0.1, 0.15) is 26.3 Å². The van der Waals surface area contributed by atoms with E-state index in [0.29, 0.717) is 10.7 Å². The van der Waals surface area contributed by atoms with Crippen molar-refractivity contribution >= 4 is 46.4 Å². The zero-order valence-corrected chi connectivity index (χ0v) is 18.1. The van der Waals surface area contributed by atoms with Gasteiger partial charge in [0.1, 0.15) is 0 Å². The Balaban J connectivity index is 1.59. The SMILES string of the molecule is Cc1ccc(NC(=O)COC(=O)c2cccc(NC(=O)c3cccc([N+](=O)[O-])c3)c2)cc1Cl. The van der Waals surface area contributed by atoms with Crippen molar-refractivity contribution in [3.05, 3.63) is 98.6 Å². The molecule has 0 heterocycles. The van der Waals surface area contributed by atoms with E-state index in [-0.39, 0.29) is 22.5 Å². The minimum Gasteiger partial charge on any atom is -0.452 e. The van der Waals surface area contributed by atoms with Gasteiger partial charge in [0.25, 0.3) is 17.5 Å². The summed E-state index contributed by atoms with van der Waals surface area (Å²) < 4.78 is 5.03. The number of benzene rings is 3. The summed E-state index contributed by atoms with van der Waals surface area (Å²) in [5, 5.41) is 16.5. The molecule has 33 heavy (non-hydrogen) atoms. The maximum absolute atomic E-state index is 12.4. The van der Waals surface area contributed by atoms with E-state index >= 15 is 0 Å². The molecule has 0 saturated carbocycles. The molecule has 3 aromatic rings. The third-order valence-corrected chi connectivity index (χ3v) is 4.87. The zero-order valence-electron chi connectivity index (χ0n) is 17.3. The fraction of sp³-hybridized carbons (Fsp3) is 0.0870. The van der Waals surface area contributed by atoms with Gasteiger partial charge in [0, 0.05) is 34.1 Å². The van der Waals surface area contributed by atoms with Crippen LogP contribution in [0.25, 0.3) is 0 Å². The minimum atomic E-state index is -0.765. The van der Waals surface area contributed by atoms with Gasteiger partial charge in [-0.15, -0.1) is 0 Å². The van der Waals surface area contributed by atoms with Crippen LogP contribution in [0, 0.1) is 17.0 Å². The molecule has 3 aromatic carbocycles. The van der Waals surface area contributed by atoms with Crippen molar-refractivity contribution in [3.8, 4) is 0 Å². The van der Waals surface area contributed by atoms with E-state index in [4.69, 9.17) is 16.3 Å². The Hall–Kier alpha value is -4.24. The molecule has 0 spiro atoms. The number of carbonyl (C=O) groups excluding carboxylic acids is 3. The molecule has 3 rings (SSSR count). The van der Waals surface area contributed by atoms with Crippen molar-refractivity contribution in [3.63, 3.8) is 0 Å². The van der Waals surface area contributed by atoms with Gasteiger partial charge in [-0.05, 0) is 48.9 Å². The van der Waals surface area contributed by atoms with E-state index in [1.165, 1.54) is 36.4 Å². The second-order valence-corrected chi connectivity index (χ2v) is 7.34. The number of hydrogen-bond acceptors (Lipinski definition) is 6. The summed E-state index contributed by atoms with van der Waals surface area (Å²) in [7, 11) is 0. The molecule has 168 valence electrons. The monoisotopic (exact) mass is 467 g/mol. The van der Waals surface area contributed by atoms with Crippen molar-refractivity contribution < 1.29 is 24.0 Å². The van der Waals surface area contributed by atoms with Crippen LogP contribution in [0.15, 0.2) is 66.7 Å². The third-order valence-electron chi connectivity index (χ3n) is 4.47. The molecule has 0 aliphatic rings. The molecule has 0 fully saturated rings. The van der Waals surface area contributed by atoms with Crippen molar-refractivity contribution in [1.82, 2.24) is 0 Å². The Bertz CT molecular complexity index is 1240. The summed E-state index contributed by atoms with van der Waals surface area (Å²) >= 11 is 6.02. The van der Waals surface area contributed by atoms with Crippen LogP contribution in [0.5, 0.6) is 0 Å². The average molecular weight is 468 g/mol. The lowest BCUT2D eigenvalue weighted by molar-refractivity contribution is -0.384. The Morgan fingerprint density at radius 3 is 2.36 bits per heavy atom. The number of non-ortho nitro benzene ring substituents is 1. The van der Waals surface area contributed by atoms with Gasteiger partial charge in [0.15, 0.2) is 6.61 Å². The lowest BCUT2D eigenvalue weighted by atomic mass is 10.1. The van der Waals surface area contributed by atoms with Crippen molar-refractivity contribution in [1.29, 1.82) is 0 Å². The van der Waals surface area contributed by atoms with Gasteiger partial charge in [-0.25, -0.2) is 4.79 Å². The number of halogens is 1. The molecule has 0 bridgehead atoms. The highest BCUT2D eigenvalue weighted by Crippen LogP contribution is 2.20. The Morgan fingerprint density at radius 1 is 0.939 bits per heavy atom. The normalized spacial score (nSPS) is 10.2. The minimum absolute atomic E-state index is 0.0880. The van der Waals surface area contributed by atoms with Crippen molar-refractivity contribution in [2.24, 2.45) is 0 Å². The topological polar surface area (TPSA) is 128 Å². The summed E-state index contributed by atoms with van der Waals surface area (Å²) in [6.07, 6.45) is 0. The van der Waals surface area contributed by atoms with E-state index in [1.54, 1.807) is 24.3 Å². The number of anilines is 2. The molecule has 0 atom stereocenters. The largest absolute Gasteiger partial charge is 0.452 e. The van der Waals surface area contributed by atoms with Crippen LogP contribution in [0.2, 0.25) is 5.02 Å². The first kappa shape index (κ1) is 23.4. The number of nitrogens with zero attached hydrogens (tertiary/aromatic N) is 1. The number of nitrogens with one attached hydrogen (secondary N) is 2. The van der Waals surface area contributed by atoms with Gasteiger partial charge in [-0.1, -0.05) is 29.8 Å². The highest BCUT2D eigenvalue weighted by molar-refractivity contribution is 6.31. The quantitative estimate of drug-likeness (QED) is 0.297. The molecule has 2 amide bonds. The number of ether oxygens (including phenoxy) is 1. The van der Waals surface area contributed by atoms with Crippen LogP contribution in [0.4, 0.5) is 17.1 Å². The first-order chi connectivity index (χ1) is 15.7. The Kier molecular flexibility index (Phi) is 7.37. The van der Waals surface area contributed by atoms with Crippen LogP contribution in [-0.4, -0.2) is 29.3 Å². The predicted molar refractivity (Wildman–Crippen MR) is 123 cm³/mol. The van der Waals surface area contributed by atoms with Gasteiger partial charge < -0.3 is 15.4 Å². The molecule has 0 aliphatic carbocycles. The molecule has 0 aliphatic heterocycles. The summed E-state index contributed by atoms with van der Waals surface area (Å²) in [5.74, 6) is -1.89. The molecule has 0 unspecified atom stereocenters. The lowest BCUT2D eigenvalue weighted by Crippen LogP contribution is -2.21. The average Bonchev–Trinajstić information content (AvgIpc) is 2.80. The number of nitro groups is 1. The van der Waals surface area contributed by atoms with Gasteiger partial charge in [-0.2, -0.15) is 0 Å². The predicted octanol–water partition coefficient (Wildman–Crippen LogP) is 4.60. The third kappa shape index (κ3) is 6.37.